The SMILES string of the molecule is COC(=O)N1C(=O)NC(C)=C(C(=O)OC(C)C)[C@@H]1c1cccc([N+](=O)[O-])c1. The zero-order valence-corrected chi connectivity index (χ0v) is 15.2. The molecule has 10 nitrogen and oxygen atoms in total. The quantitative estimate of drug-likeness (QED) is 0.485. The summed E-state index contributed by atoms with van der Waals surface area (Å²) in [6.07, 6.45) is -1.47. The minimum atomic E-state index is -1.24. The fourth-order valence-corrected chi connectivity index (χ4v) is 2.69. The molecule has 3 amide bonds. The molecule has 1 aromatic rings. The van der Waals surface area contributed by atoms with Gasteiger partial charge in [-0.15, -0.1) is 0 Å². The van der Waals surface area contributed by atoms with Crippen molar-refractivity contribution in [3.05, 3.63) is 51.2 Å². The molecule has 144 valence electrons. The molecule has 0 saturated carbocycles. The second-order valence-electron chi connectivity index (χ2n) is 6.02. The number of non-ortho nitro benzene ring substituents is 1. The summed E-state index contributed by atoms with van der Waals surface area (Å²) in [4.78, 5) is 48.4. The van der Waals surface area contributed by atoms with E-state index < -0.39 is 35.2 Å². The van der Waals surface area contributed by atoms with Crippen molar-refractivity contribution in [2.24, 2.45) is 0 Å². The van der Waals surface area contributed by atoms with Crippen LogP contribution in [0.2, 0.25) is 0 Å². The number of hydrogen-bond donors (Lipinski definition) is 1. The third kappa shape index (κ3) is 4.05. The topological polar surface area (TPSA) is 128 Å². The second-order valence-corrected chi connectivity index (χ2v) is 6.02. The summed E-state index contributed by atoms with van der Waals surface area (Å²) in [6.45, 7) is 4.78. The van der Waals surface area contributed by atoms with E-state index in [1.807, 2.05) is 0 Å². The van der Waals surface area contributed by atoms with Gasteiger partial charge in [0, 0.05) is 17.8 Å². The van der Waals surface area contributed by atoms with Gasteiger partial charge in [0.2, 0.25) is 0 Å². The van der Waals surface area contributed by atoms with Crippen LogP contribution in [-0.2, 0) is 14.3 Å². The number of nitro benzene ring substituents is 1. The number of allylic oxidation sites excluding steroid dienone is 1. The molecule has 0 saturated heterocycles. The molecule has 1 aliphatic heterocycles. The van der Waals surface area contributed by atoms with Gasteiger partial charge >= 0.3 is 18.1 Å². The molecule has 2 rings (SSSR count). The smallest absolute Gasteiger partial charge is 0.418 e. The van der Waals surface area contributed by atoms with Gasteiger partial charge in [0.05, 0.1) is 23.7 Å². The Bertz CT molecular complexity index is 832. The average Bonchev–Trinajstić information content (AvgIpc) is 2.59. The van der Waals surface area contributed by atoms with Gasteiger partial charge in [0.15, 0.2) is 0 Å². The van der Waals surface area contributed by atoms with Crippen LogP contribution in [-0.4, -0.2) is 41.1 Å². The van der Waals surface area contributed by atoms with Gasteiger partial charge in [0.25, 0.3) is 5.69 Å². The molecule has 0 spiro atoms. The molecule has 1 N–H and O–H groups in total. The Balaban J connectivity index is 2.67. The molecule has 1 heterocycles. The number of methoxy groups -OCH3 is 1. The number of amides is 3. The Hall–Kier alpha value is -3.43. The van der Waals surface area contributed by atoms with Gasteiger partial charge < -0.3 is 14.8 Å². The number of rotatable bonds is 4. The van der Waals surface area contributed by atoms with E-state index in [2.05, 4.69) is 10.1 Å². The molecule has 0 radical (unpaired) electrons. The third-order valence-corrected chi connectivity index (χ3v) is 3.78. The monoisotopic (exact) mass is 377 g/mol. The van der Waals surface area contributed by atoms with Gasteiger partial charge in [-0.2, -0.15) is 0 Å². The third-order valence-electron chi connectivity index (χ3n) is 3.78. The number of carbonyl (C=O) groups excluding carboxylic acids is 3. The van der Waals surface area contributed by atoms with E-state index >= 15 is 0 Å². The molecule has 27 heavy (non-hydrogen) atoms. The number of carbonyl (C=O) groups is 3. The van der Waals surface area contributed by atoms with Crippen molar-refractivity contribution >= 4 is 23.8 Å². The summed E-state index contributed by atoms with van der Waals surface area (Å²) in [7, 11) is 1.08. The predicted octanol–water partition coefficient (Wildman–Crippen LogP) is 2.65. The first-order valence-corrected chi connectivity index (χ1v) is 8.01. The highest BCUT2D eigenvalue weighted by Gasteiger charge is 2.43. The fourth-order valence-electron chi connectivity index (χ4n) is 2.69. The molecule has 0 fully saturated rings. The average molecular weight is 377 g/mol. The van der Waals surface area contributed by atoms with Gasteiger partial charge in [-0.25, -0.2) is 19.3 Å². The maximum Gasteiger partial charge on any atom is 0.418 e. The lowest BCUT2D eigenvalue weighted by Crippen LogP contribution is -2.51. The highest BCUT2D eigenvalue weighted by atomic mass is 16.6. The standard InChI is InChI=1S/C17H19N3O7/c1-9(2)27-15(21)13-10(3)18-16(22)19(17(23)26-4)14(13)11-6-5-7-12(8-11)20(24)25/h5-9,14H,1-4H3,(H,18,22)/t14-/m0/s1. The summed E-state index contributed by atoms with van der Waals surface area (Å²) in [6, 6.07) is 3.26. The Labute approximate surface area is 154 Å². The van der Waals surface area contributed by atoms with Crippen LogP contribution in [0.5, 0.6) is 0 Å². The van der Waals surface area contributed by atoms with Gasteiger partial charge in [-0.05, 0) is 26.3 Å². The predicted molar refractivity (Wildman–Crippen MR) is 92.5 cm³/mol. The molecule has 0 unspecified atom stereocenters. The van der Waals surface area contributed by atoms with E-state index in [-0.39, 0.29) is 22.5 Å². The highest BCUT2D eigenvalue weighted by Crippen LogP contribution is 2.36. The molecule has 1 atom stereocenters. The zero-order chi connectivity index (χ0) is 20.3. The number of benzene rings is 1. The van der Waals surface area contributed by atoms with Crippen molar-refractivity contribution in [2.45, 2.75) is 32.9 Å². The summed E-state index contributed by atoms with van der Waals surface area (Å²) >= 11 is 0. The van der Waals surface area contributed by atoms with Crippen molar-refractivity contribution in [1.82, 2.24) is 10.2 Å². The van der Waals surface area contributed by atoms with Crippen molar-refractivity contribution in [1.29, 1.82) is 0 Å². The lowest BCUT2D eigenvalue weighted by molar-refractivity contribution is -0.384. The number of urea groups is 1. The van der Waals surface area contributed by atoms with Crippen LogP contribution in [0, 0.1) is 10.1 Å². The number of esters is 1. The van der Waals surface area contributed by atoms with E-state index in [0.29, 0.717) is 4.90 Å². The second kappa shape index (κ2) is 7.85. The molecule has 0 aromatic heterocycles. The number of imide groups is 1. The lowest BCUT2D eigenvalue weighted by atomic mass is 9.93. The Morgan fingerprint density at radius 2 is 2.00 bits per heavy atom. The largest absolute Gasteiger partial charge is 0.459 e. The minimum Gasteiger partial charge on any atom is -0.459 e. The van der Waals surface area contributed by atoms with Crippen LogP contribution in [0.3, 0.4) is 0 Å². The number of nitro groups is 1. The number of nitrogens with one attached hydrogen (secondary N) is 1. The summed E-state index contributed by atoms with van der Waals surface area (Å²) in [5, 5.41) is 13.5. The maximum atomic E-state index is 12.6. The molecular weight excluding hydrogens is 358 g/mol. The first kappa shape index (κ1) is 19.9. The van der Waals surface area contributed by atoms with Crippen molar-refractivity contribution in [2.75, 3.05) is 7.11 Å². The van der Waals surface area contributed by atoms with Gasteiger partial charge in [0.1, 0.15) is 6.04 Å². The molecule has 0 aliphatic carbocycles. The first-order valence-electron chi connectivity index (χ1n) is 8.01. The first-order chi connectivity index (χ1) is 12.7. The molecule has 1 aliphatic rings. The van der Waals surface area contributed by atoms with E-state index in [1.165, 1.54) is 31.2 Å². The number of hydrogen-bond acceptors (Lipinski definition) is 7. The fraction of sp³-hybridized carbons (Fsp3) is 0.353. The molecular formula is C17H19N3O7. The van der Waals surface area contributed by atoms with Crippen LogP contribution >= 0.6 is 0 Å². The Morgan fingerprint density at radius 3 is 2.56 bits per heavy atom. The normalized spacial score (nSPS) is 16.9. The zero-order valence-electron chi connectivity index (χ0n) is 15.2. The van der Waals surface area contributed by atoms with Crippen molar-refractivity contribution in [3.8, 4) is 0 Å². The van der Waals surface area contributed by atoms with Gasteiger partial charge in [-0.3, -0.25) is 10.1 Å². The van der Waals surface area contributed by atoms with Crippen LogP contribution < -0.4 is 5.32 Å². The van der Waals surface area contributed by atoms with Crippen LogP contribution in [0.1, 0.15) is 32.4 Å². The number of nitrogens with zero attached hydrogens (tertiary/aromatic N) is 2. The van der Waals surface area contributed by atoms with Crippen LogP contribution in [0.25, 0.3) is 0 Å². The van der Waals surface area contributed by atoms with E-state index in [9.17, 15) is 24.5 Å². The Kier molecular flexibility index (Phi) is 5.78. The van der Waals surface area contributed by atoms with Gasteiger partial charge in [-0.1, -0.05) is 12.1 Å². The van der Waals surface area contributed by atoms with E-state index in [1.54, 1.807) is 13.8 Å². The van der Waals surface area contributed by atoms with Crippen molar-refractivity contribution < 1.29 is 28.8 Å². The van der Waals surface area contributed by atoms with E-state index in [0.717, 1.165) is 7.11 Å². The van der Waals surface area contributed by atoms with E-state index in [4.69, 9.17) is 4.74 Å². The van der Waals surface area contributed by atoms with Crippen molar-refractivity contribution in [3.63, 3.8) is 0 Å². The molecule has 1 aromatic carbocycles. The number of ether oxygens (including phenoxy) is 2. The van der Waals surface area contributed by atoms with Crippen LogP contribution in [0.4, 0.5) is 15.3 Å². The maximum absolute atomic E-state index is 12.6. The minimum absolute atomic E-state index is 0.0193. The Morgan fingerprint density at radius 1 is 1.33 bits per heavy atom. The molecule has 0 bridgehead atoms. The molecule has 10 heteroatoms. The van der Waals surface area contributed by atoms with Crippen LogP contribution in [0.15, 0.2) is 35.5 Å². The summed E-state index contributed by atoms with van der Waals surface area (Å²) in [5.74, 6) is -0.757. The highest BCUT2D eigenvalue weighted by molar-refractivity contribution is 6.00. The summed E-state index contributed by atoms with van der Waals surface area (Å²) < 4.78 is 9.88. The summed E-state index contributed by atoms with van der Waals surface area (Å²) in [5.41, 5.74) is 0.105. The lowest BCUT2D eigenvalue weighted by Gasteiger charge is -2.35.